The van der Waals surface area contributed by atoms with Gasteiger partial charge in [0.05, 0.1) is 0 Å². The quantitative estimate of drug-likeness (QED) is 0.746. The molecule has 84 valence electrons. The second-order valence-corrected chi connectivity index (χ2v) is 4.23. The zero-order chi connectivity index (χ0) is 11.1. The van der Waals surface area contributed by atoms with E-state index in [0.29, 0.717) is 6.04 Å². The molecule has 0 saturated heterocycles. The molecule has 0 atom stereocenters. The lowest BCUT2D eigenvalue weighted by molar-refractivity contribution is 0.561. The Kier molecular flexibility index (Phi) is 5.61. The zero-order valence-electron chi connectivity index (χ0n) is 9.36. The topological polar surface area (TPSA) is 29.0 Å². The van der Waals surface area contributed by atoms with Crippen molar-refractivity contribution >= 4 is 21.7 Å². The summed E-state index contributed by atoms with van der Waals surface area (Å²) in [6, 6.07) is 4.51. The molecule has 0 amide bonds. The van der Waals surface area contributed by atoms with Gasteiger partial charge in [-0.3, -0.25) is 0 Å². The number of aromatic nitrogens is 2. The number of rotatable bonds is 6. The highest BCUT2D eigenvalue weighted by atomic mass is 79.9. The van der Waals surface area contributed by atoms with Crippen molar-refractivity contribution in [2.45, 2.75) is 32.7 Å². The van der Waals surface area contributed by atoms with Crippen molar-refractivity contribution in [3.8, 4) is 0 Å². The van der Waals surface area contributed by atoms with Gasteiger partial charge in [-0.25, -0.2) is 0 Å². The van der Waals surface area contributed by atoms with Gasteiger partial charge < -0.3 is 4.90 Å². The molecule has 0 saturated carbocycles. The predicted octanol–water partition coefficient (Wildman–Crippen LogP) is 2.87. The molecule has 0 aliphatic heterocycles. The third-order valence-corrected chi connectivity index (χ3v) is 2.92. The van der Waals surface area contributed by atoms with Crippen molar-refractivity contribution in [3.05, 3.63) is 18.3 Å². The Labute approximate surface area is 100 Å². The van der Waals surface area contributed by atoms with Gasteiger partial charge in [-0.1, -0.05) is 29.8 Å². The van der Waals surface area contributed by atoms with Gasteiger partial charge >= 0.3 is 0 Å². The van der Waals surface area contributed by atoms with Crippen LogP contribution in [0.15, 0.2) is 18.3 Å². The van der Waals surface area contributed by atoms with Crippen LogP contribution in [0.3, 0.4) is 0 Å². The summed E-state index contributed by atoms with van der Waals surface area (Å²) < 4.78 is 0. The van der Waals surface area contributed by atoms with Crippen LogP contribution in [0.25, 0.3) is 0 Å². The average Bonchev–Trinajstić information content (AvgIpc) is 2.30. The molecule has 1 heterocycles. The van der Waals surface area contributed by atoms with E-state index in [0.717, 1.165) is 30.5 Å². The van der Waals surface area contributed by atoms with E-state index in [9.17, 15) is 0 Å². The molecule has 0 radical (unpaired) electrons. The van der Waals surface area contributed by atoms with E-state index in [4.69, 9.17) is 0 Å². The van der Waals surface area contributed by atoms with E-state index in [2.05, 4.69) is 44.9 Å². The summed E-state index contributed by atoms with van der Waals surface area (Å²) in [7, 11) is 0. The fourth-order valence-corrected chi connectivity index (χ4v) is 2.13. The summed E-state index contributed by atoms with van der Waals surface area (Å²) in [5, 5.41) is 9.06. The molecule has 0 unspecified atom stereocenters. The lowest BCUT2D eigenvalue weighted by atomic mass is 10.1. The minimum atomic E-state index is 0.555. The van der Waals surface area contributed by atoms with E-state index >= 15 is 0 Å². The van der Waals surface area contributed by atoms with Crippen LogP contribution < -0.4 is 4.90 Å². The van der Waals surface area contributed by atoms with E-state index in [1.807, 2.05) is 12.1 Å². The lowest BCUT2D eigenvalue weighted by Gasteiger charge is -2.30. The molecule has 1 aromatic rings. The van der Waals surface area contributed by atoms with Crippen LogP contribution in [-0.4, -0.2) is 28.1 Å². The Morgan fingerprint density at radius 2 is 2.13 bits per heavy atom. The predicted molar refractivity (Wildman–Crippen MR) is 67.5 cm³/mol. The van der Waals surface area contributed by atoms with E-state index in [1.54, 1.807) is 6.20 Å². The Bertz CT molecular complexity index is 262. The van der Waals surface area contributed by atoms with Gasteiger partial charge in [-0.15, -0.1) is 5.10 Å². The summed E-state index contributed by atoms with van der Waals surface area (Å²) in [5.41, 5.74) is 0. The van der Waals surface area contributed by atoms with Crippen LogP contribution in [0.5, 0.6) is 0 Å². The van der Waals surface area contributed by atoms with Gasteiger partial charge in [0, 0.05) is 24.1 Å². The summed E-state index contributed by atoms with van der Waals surface area (Å²) in [6.45, 7) is 5.41. The van der Waals surface area contributed by atoms with Crippen LogP contribution in [0.2, 0.25) is 0 Å². The van der Waals surface area contributed by atoms with Crippen LogP contribution in [0, 0.1) is 0 Å². The SMILES string of the molecule is CCC(CC)N(CCBr)c1cccnn1. The smallest absolute Gasteiger partial charge is 0.151 e. The van der Waals surface area contributed by atoms with Crippen molar-refractivity contribution in [2.75, 3.05) is 16.8 Å². The highest BCUT2D eigenvalue weighted by Crippen LogP contribution is 2.16. The van der Waals surface area contributed by atoms with Crippen molar-refractivity contribution in [3.63, 3.8) is 0 Å². The molecule has 0 aromatic carbocycles. The zero-order valence-corrected chi connectivity index (χ0v) is 10.9. The first-order valence-electron chi connectivity index (χ1n) is 5.43. The van der Waals surface area contributed by atoms with Gasteiger partial charge in [-0.05, 0) is 25.0 Å². The Hall–Kier alpha value is -0.640. The summed E-state index contributed by atoms with van der Waals surface area (Å²) in [5.74, 6) is 0.977. The summed E-state index contributed by atoms with van der Waals surface area (Å²) >= 11 is 3.48. The maximum atomic E-state index is 4.17. The van der Waals surface area contributed by atoms with Crippen LogP contribution in [-0.2, 0) is 0 Å². The largest absolute Gasteiger partial charge is 0.351 e. The first-order valence-corrected chi connectivity index (χ1v) is 6.55. The molecule has 0 aliphatic rings. The molecule has 0 N–H and O–H groups in total. The molecule has 0 spiro atoms. The van der Waals surface area contributed by atoms with E-state index in [1.165, 1.54) is 0 Å². The summed E-state index contributed by atoms with van der Waals surface area (Å²) in [4.78, 5) is 2.32. The van der Waals surface area contributed by atoms with Crippen LogP contribution >= 0.6 is 15.9 Å². The molecular formula is C11H18BrN3. The molecule has 0 fully saturated rings. The van der Waals surface area contributed by atoms with Crippen LogP contribution in [0.1, 0.15) is 26.7 Å². The maximum absolute atomic E-state index is 4.17. The van der Waals surface area contributed by atoms with Gasteiger partial charge in [0.25, 0.3) is 0 Å². The minimum absolute atomic E-state index is 0.555. The number of anilines is 1. The number of halogens is 1. The summed E-state index contributed by atoms with van der Waals surface area (Å²) in [6.07, 6.45) is 3.99. The van der Waals surface area contributed by atoms with Crippen molar-refractivity contribution in [1.82, 2.24) is 10.2 Å². The number of alkyl halides is 1. The number of hydrogen-bond acceptors (Lipinski definition) is 3. The van der Waals surface area contributed by atoms with Gasteiger partial charge in [0.1, 0.15) is 0 Å². The number of hydrogen-bond donors (Lipinski definition) is 0. The molecular weight excluding hydrogens is 254 g/mol. The molecule has 0 bridgehead atoms. The highest BCUT2D eigenvalue weighted by molar-refractivity contribution is 9.09. The maximum Gasteiger partial charge on any atom is 0.151 e. The van der Waals surface area contributed by atoms with Gasteiger partial charge in [0.15, 0.2) is 5.82 Å². The first kappa shape index (κ1) is 12.4. The van der Waals surface area contributed by atoms with Crippen molar-refractivity contribution in [2.24, 2.45) is 0 Å². The standard InChI is InChI=1S/C11H18BrN3/c1-3-10(4-2)15(9-7-12)11-6-5-8-13-14-11/h5-6,8,10H,3-4,7,9H2,1-2H3. The highest BCUT2D eigenvalue weighted by Gasteiger charge is 2.15. The fraction of sp³-hybridized carbons (Fsp3) is 0.636. The molecule has 0 aliphatic carbocycles. The first-order chi connectivity index (χ1) is 7.33. The number of nitrogens with zero attached hydrogens (tertiary/aromatic N) is 3. The monoisotopic (exact) mass is 271 g/mol. The third kappa shape index (κ3) is 3.45. The van der Waals surface area contributed by atoms with E-state index in [-0.39, 0.29) is 0 Å². The minimum Gasteiger partial charge on any atom is -0.351 e. The Morgan fingerprint density at radius 1 is 1.40 bits per heavy atom. The van der Waals surface area contributed by atoms with Gasteiger partial charge in [-0.2, -0.15) is 5.10 Å². The molecule has 4 heteroatoms. The molecule has 3 nitrogen and oxygen atoms in total. The van der Waals surface area contributed by atoms with E-state index < -0.39 is 0 Å². The van der Waals surface area contributed by atoms with Crippen LogP contribution in [0.4, 0.5) is 5.82 Å². The van der Waals surface area contributed by atoms with Crippen molar-refractivity contribution < 1.29 is 0 Å². The van der Waals surface area contributed by atoms with Crippen molar-refractivity contribution in [1.29, 1.82) is 0 Å². The Morgan fingerprint density at radius 3 is 2.60 bits per heavy atom. The second-order valence-electron chi connectivity index (χ2n) is 3.43. The van der Waals surface area contributed by atoms with Gasteiger partial charge in [0.2, 0.25) is 0 Å². The molecule has 1 aromatic heterocycles. The molecule has 15 heavy (non-hydrogen) atoms. The molecule has 1 rings (SSSR count). The second kappa shape index (κ2) is 6.77. The Balaban J connectivity index is 2.81. The third-order valence-electron chi connectivity index (χ3n) is 2.56. The fourth-order valence-electron chi connectivity index (χ4n) is 1.75. The average molecular weight is 272 g/mol. The lowest BCUT2D eigenvalue weighted by Crippen LogP contribution is -2.36. The normalized spacial score (nSPS) is 10.7.